The van der Waals surface area contributed by atoms with Crippen molar-refractivity contribution in [1.82, 2.24) is 0 Å². The molecule has 0 spiro atoms. The van der Waals surface area contributed by atoms with Gasteiger partial charge in [-0.15, -0.1) is 0 Å². The number of Topliss-reactive ketones (excluding diaryl/α,β-unsaturated/α-hetero) is 1. The molecule has 4 atom stereocenters. The fourth-order valence-corrected chi connectivity index (χ4v) is 6.18. The van der Waals surface area contributed by atoms with Crippen molar-refractivity contribution in [2.75, 3.05) is 7.11 Å². The molecule has 1 aliphatic carbocycles. The quantitative estimate of drug-likeness (QED) is 0.189. The molecule has 0 unspecified atom stereocenters. The van der Waals surface area contributed by atoms with Gasteiger partial charge >= 0.3 is 0 Å². The smallest absolute Gasteiger partial charge is 0.160 e. The summed E-state index contributed by atoms with van der Waals surface area (Å²) < 4.78 is 5.30. The second kappa shape index (κ2) is 13.2. The normalized spacial score (nSPS) is 20.5. The van der Waals surface area contributed by atoms with Crippen molar-refractivity contribution in [2.24, 2.45) is 0 Å². The number of carbonyl (C=O) groups is 1. The third-order valence-electron chi connectivity index (χ3n) is 8.38. The van der Waals surface area contributed by atoms with Crippen molar-refractivity contribution in [3.8, 4) is 23.0 Å². The molecule has 4 rings (SSSR count). The van der Waals surface area contributed by atoms with Crippen LogP contribution in [0.5, 0.6) is 23.0 Å². The Morgan fingerprint density at radius 3 is 2.40 bits per heavy atom. The molecule has 0 aliphatic heterocycles. The summed E-state index contributed by atoms with van der Waals surface area (Å²) in [6.07, 6.45) is 2.96. The van der Waals surface area contributed by atoms with E-state index in [1.807, 2.05) is 24.3 Å². The number of aliphatic hydroxyl groups is 2. The van der Waals surface area contributed by atoms with Crippen molar-refractivity contribution >= 4 is 5.78 Å². The largest absolute Gasteiger partial charge is 0.504 e. The highest BCUT2D eigenvalue weighted by Crippen LogP contribution is 2.45. The Bertz CT molecular complexity index is 1280. The number of rotatable bonds is 12. The zero-order valence-electron chi connectivity index (χ0n) is 23.0. The number of phenolic OH excluding ortho intramolecular Hbond substituents is 3. The minimum absolute atomic E-state index is 0.0337. The highest BCUT2D eigenvalue weighted by molar-refractivity contribution is 5.79. The number of aromatic hydroxyl groups is 3. The van der Waals surface area contributed by atoms with E-state index in [-0.39, 0.29) is 48.2 Å². The molecule has 40 heavy (non-hydrogen) atoms. The molecule has 1 saturated carbocycles. The number of aryl methyl sites for hydroxylation is 1. The Labute approximate surface area is 235 Å². The van der Waals surface area contributed by atoms with E-state index >= 15 is 0 Å². The molecular formula is C33H40O7. The van der Waals surface area contributed by atoms with Crippen LogP contribution in [0.1, 0.15) is 74.0 Å². The fraction of sp³-hybridized carbons (Fsp3) is 0.424. The molecule has 3 aromatic carbocycles. The standard InChI is InChI=1S/C33H40O7/c1-40-31-18-24(12-14-29(31)37)23(11-10-22-7-3-2-4-8-22)17-26(34)20-27(35)21-33(16-6-5-9-32(33)39)25-13-15-28(36)30(38)19-25/h2-4,7-8,12-15,18-19,23,27,32,35-39H,5-6,9-11,16-17,20-21H2,1H3/t23-,27+,32+,33+/m1/s1. The molecule has 0 bridgehead atoms. The zero-order chi connectivity index (χ0) is 28.7. The highest BCUT2D eigenvalue weighted by atomic mass is 16.5. The van der Waals surface area contributed by atoms with Gasteiger partial charge in [-0.25, -0.2) is 0 Å². The van der Waals surface area contributed by atoms with Gasteiger partial charge in [-0.3, -0.25) is 4.79 Å². The summed E-state index contributed by atoms with van der Waals surface area (Å²) in [4.78, 5) is 13.4. The van der Waals surface area contributed by atoms with Gasteiger partial charge in [0.05, 0.1) is 19.3 Å². The Morgan fingerprint density at radius 2 is 1.70 bits per heavy atom. The Hall–Kier alpha value is -3.55. The van der Waals surface area contributed by atoms with Gasteiger partial charge in [0.15, 0.2) is 23.0 Å². The minimum Gasteiger partial charge on any atom is -0.504 e. The van der Waals surface area contributed by atoms with E-state index in [9.17, 15) is 30.3 Å². The van der Waals surface area contributed by atoms with E-state index in [0.717, 1.165) is 30.4 Å². The van der Waals surface area contributed by atoms with E-state index in [1.165, 1.54) is 19.2 Å². The van der Waals surface area contributed by atoms with Crippen LogP contribution in [0.15, 0.2) is 66.7 Å². The second-order valence-corrected chi connectivity index (χ2v) is 11.1. The van der Waals surface area contributed by atoms with E-state index in [1.54, 1.807) is 18.2 Å². The summed E-state index contributed by atoms with van der Waals surface area (Å²) in [5.74, 6) is -0.367. The monoisotopic (exact) mass is 548 g/mol. The molecule has 7 nitrogen and oxygen atoms in total. The third kappa shape index (κ3) is 6.95. The summed E-state index contributed by atoms with van der Waals surface area (Å²) >= 11 is 0. The summed E-state index contributed by atoms with van der Waals surface area (Å²) in [5, 5.41) is 52.3. The van der Waals surface area contributed by atoms with E-state index in [4.69, 9.17) is 4.74 Å². The first kappa shape index (κ1) is 29.4. The zero-order valence-corrected chi connectivity index (χ0v) is 23.0. The lowest BCUT2D eigenvalue weighted by molar-refractivity contribution is -0.122. The molecule has 1 aliphatic rings. The Balaban J connectivity index is 1.50. The summed E-state index contributed by atoms with van der Waals surface area (Å²) in [6.45, 7) is 0. The molecule has 1 fully saturated rings. The molecular weight excluding hydrogens is 508 g/mol. The van der Waals surface area contributed by atoms with Gasteiger partial charge in [-0.2, -0.15) is 0 Å². The number of hydrogen-bond donors (Lipinski definition) is 5. The first-order valence-electron chi connectivity index (χ1n) is 14.0. The van der Waals surface area contributed by atoms with Crippen LogP contribution in [0, 0.1) is 0 Å². The van der Waals surface area contributed by atoms with Crippen LogP contribution in [0.4, 0.5) is 0 Å². The van der Waals surface area contributed by atoms with Crippen LogP contribution in [0.25, 0.3) is 0 Å². The molecule has 0 heterocycles. The summed E-state index contributed by atoms with van der Waals surface area (Å²) in [7, 11) is 1.49. The topological polar surface area (TPSA) is 127 Å². The number of ether oxygens (including phenoxy) is 1. The molecule has 5 N–H and O–H groups in total. The van der Waals surface area contributed by atoms with Crippen LogP contribution in [0.2, 0.25) is 0 Å². The lowest BCUT2D eigenvalue weighted by Crippen LogP contribution is -2.45. The van der Waals surface area contributed by atoms with Crippen molar-refractivity contribution in [3.05, 3.63) is 83.4 Å². The summed E-state index contributed by atoms with van der Waals surface area (Å²) in [5.41, 5.74) is 1.88. The van der Waals surface area contributed by atoms with Gasteiger partial charge in [0.25, 0.3) is 0 Å². The number of ketones is 1. The molecule has 0 radical (unpaired) electrons. The maximum Gasteiger partial charge on any atom is 0.160 e. The van der Waals surface area contributed by atoms with Gasteiger partial charge < -0.3 is 30.3 Å². The van der Waals surface area contributed by atoms with Crippen LogP contribution >= 0.6 is 0 Å². The van der Waals surface area contributed by atoms with Crippen molar-refractivity contribution in [1.29, 1.82) is 0 Å². The SMILES string of the molecule is COc1cc([C@H](CCc2ccccc2)CC(=O)C[C@H](O)C[C@]2(c3ccc(O)c(O)c3)CCCC[C@@H]2O)ccc1O. The molecule has 7 heteroatoms. The van der Waals surface area contributed by atoms with E-state index < -0.39 is 17.6 Å². The average Bonchev–Trinajstić information content (AvgIpc) is 2.94. The first-order valence-corrected chi connectivity index (χ1v) is 14.0. The molecule has 3 aromatic rings. The number of aliphatic hydroxyl groups excluding tert-OH is 2. The van der Waals surface area contributed by atoms with Gasteiger partial charge in [0.2, 0.25) is 0 Å². The highest BCUT2D eigenvalue weighted by Gasteiger charge is 2.43. The van der Waals surface area contributed by atoms with E-state index in [2.05, 4.69) is 12.1 Å². The average molecular weight is 549 g/mol. The van der Waals surface area contributed by atoms with Gasteiger partial charge in [-0.05, 0) is 79.0 Å². The Kier molecular flexibility index (Phi) is 9.71. The van der Waals surface area contributed by atoms with E-state index in [0.29, 0.717) is 30.6 Å². The third-order valence-corrected chi connectivity index (χ3v) is 8.38. The number of hydrogen-bond acceptors (Lipinski definition) is 7. The van der Waals surface area contributed by atoms with Crippen molar-refractivity contribution in [3.63, 3.8) is 0 Å². The number of phenols is 3. The number of carbonyl (C=O) groups excluding carboxylic acids is 1. The van der Waals surface area contributed by atoms with Gasteiger partial charge in [0.1, 0.15) is 5.78 Å². The second-order valence-electron chi connectivity index (χ2n) is 11.1. The maximum atomic E-state index is 13.4. The molecule has 0 aromatic heterocycles. The molecule has 0 saturated heterocycles. The van der Waals surface area contributed by atoms with Gasteiger partial charge in [0, 0.05) is 18.3 Å². The van der Waals surface area contributed by atoms with Gasteiger partial charge in [-0.1, -0.05) is 55.3 Å². The Morgan fingerprint density at radius 1 is 0.950 bits per heavy atom. The van der Waals surface area contributed by atoms with Crippen LogP contribution in [-0.2, 0) is 16.6 Å². The molecule has 214 valence electrons. The minimum atomic E-state index is -0.986. The first-order chi connectivity index (χ1) is 19.2. The predicted octanol–water partition coefficient (Wildman–Crippen LogP) is 5.50. The fourth-order valence-electron chi connectivity index (χ4n) is 6.18. The van der Waals surface area contributed by atoms with Crippen LogP contribution < -0.4 is 4.74 Å². The predicted molar refractivity (Wildman–Crippen MR) is 153 cm³/mol. The van der Waals surface area contributed by atoms with Crippen molar-refractivity contribution < 1.29 is 35.1 Å². The number of methoxy groups -OCH3 is 1. The molecule has 0 amide bonds. The number of benzene rings is 3. The lowest BCUT2D eigenvalue weighted by Gasteiger charge is -2.43. The van der Waals surface area contributed by atoms with Crippen LogP contribution in [-0.4, -0.2) is 50.6 Å². The van der Waals surface area contributed by atoms with Crippen LogP contribution in [0.3, 0.4) is 0 Å². The summed E-state index contributed by atoms with van der Waals surface area (Å²) in [6, 6.07) is 19.7. The lowest BCUT2D eigenvalue weighted by atomic mass is 9.64. The van der Waals surface area contributed by atoms with Crippen molar-refractivity contribution in [2.45, 2.75) is 81.3 Å². The maximum absolute atomic E-state index is 13.4.